The van der Waals surface area contributed by atoms with E-state index in [0.717, 1.165) is 57.8 Å². The molecular formula is C30H38F4N4O3. The van der Waals surface area contributed by atoms with Gasteiger partial charge in [-0.3, -0.25) is 4.90 Å². The number of anilines is 1. The first-order chi connectivity index (χ1) is 19.5. The second-order valence-electron chi connectivity index (χ2n) is 11.5. The molecule has 1 aliphatic carbocycles. The summed E-state index contributed by atoms with van der Waals surface area (Å²) >= 11 is 0. The Bertz CT molecular complexity index is 1250. The zero-order valence-electron chi connectivity index (χ0n) is 23.7. The third-order valence-corrected chi connectivity index (χ3v) is 9.28. The predicted molar refractivity (Wildman–Crippen MR) is 148 cm³/mol. The van der Waals surface area contributed by atoms with Gasteiger partial charge < -0.3 is 25.0 Å². The number of carbonyl (C=O) groups excluding carboxylic acids is 1. The number of nitrogens with one attached hydrogen (secondary N) is 2. The predicted octanol–water partition coefficient (Wildman–Crippen LogP) is 5.64. The Kier molecular flexibility index (Phi) is 8.39. The number of benzene rings is 2. The molecule has 2 aromatic rings. The highest BCUT2D eigenvalue weighted by Crippen LogP contribution is 2.51. The van der Waals surface area contributed by atoms with Crippen LogP contribution in [0.4, 0.5) is 28.0 Å². The Morgan fingerprint density at radius 3 is 2.39 bits per heavy atom. The maximum atomic E-state index is 13.7. The van der Waals surface area contributed by atoms with Crippen LogP contribution in [0.5, 0.6) is 11.5 Å². The van der Waals surface area contributed by atoms with Crippen LogP contribution in [0.2, 0.25) is 0 Å². The van der Waals surface area contributed by atoms with Crippen molar-refractivity contribution >= 4 is 11.7 Å². The van der Waals surface area contributed by atoms with Crippen LogP contribution >= 0.6 is 0 Å². The monoisotopic (exact) mass is 578 g/mol. The fraction of sp³-hybridized carbons (Fsp3) is 0.567. The molecule has 3 aliphatic rings. The lowest BCUT2D eigenvalue weighted by Gasteiger charge is -2.48. The molecule has 2 aromatic carbocycles. The molecule has 5 rings (SSSR count). The van der Waals surface area contributed by atoms with E-state index in [1.165, 1.54) is 5.56 Å². The smallest absolute Gasteiger partial charge is 0.419 e. The Labute approximate surface area is 238 Å². The van der Waals surface area contributed by atoms with E-state index in [1.807, 2.05) is 6.07 Å². The van der Waals surface area contributed by atoms with Gasteiger partial charge >= 0.3 is 12.2 Å². The number of likely N-dealkylation sites (tertiary alicyclic amines) is 2. The van der Waals surface area contributed by atoms with E-state index in [0.29, 0.717) is 36.1 Å². The molecule has 11 heteroatoms. The van der Waals surface area contributed by atoms with Crippen LogP contribution < -0.4 is 20.1 Å². The van der Waals surface area contributed by atoms with Crippen molar-refractivity contribution in [3.05, 3.63) is 53.3 Å². The van der Waals surface area contributed by atoms with Gasteiger partial charge in [-0.15, -0.1) is 0 Å². The van der Waals surface area contributed by atoms with Crippen LogP contribution in [0.25, 0.3) is 0 Å². The molecule has 3 atom stereocenters. The number of halogens is 4. The molecule has 3 fully saturated rings. The summed E-state index contributed by atoms with van der Waals surface area (Å²) in [5.74, 6) is -0.0126. The van der Waals surface area contributed by atoms with Gasteiger partial charge in [0.2, 0.25) is 0 Å². The second kappa shape index (κ2) is 11.7. The molecule has 2 N–H and O–H groups in total. The van der Waals surface area contributed by atoms with Crippen molar-refractivity contribution in [3.8, 4) is 11.5 Å². The fourth-order valence-electron chi connectivity index (χ4n) is 7.13. The maximum absolute atomic E-state index is 13.7. The summed E-state index contributed by atoms with van der Waals surface area (Å²) < 4.78 is 64.3. The van der Waals surface area contributed by atoms with Gasteiger partial charge in [0.05, 0.1) is 19.8 Å². The average Bonchev–Trinajstić information content (AvgIpc) is 3.33. The minimum absolute atomic E-state index is 0.111. The number of piperidine rings is 1. The van der Waals surface area contributed by atoms with Crippen LogP contribution in [0.15, 0.2) is 36.4 Å². The molecule has 0 bridgehead atoms. The fourth-order valence-corrected chi connectivity index (χ4v) is 7.13. The Balaban J connectivity index is 1.36. The third-order valence-electron chi connectivity index (χ3n) is 9.28. The van der Waals surface area contributed by atoms with Crippen molar-refractivity contribution in [1.82, 2.24) is 15.1 Å². The molecule has 2 aliphatic heterocycles. The van der Waals surface area contributed by atoms with Crippen LogP contribution in [-0.4, -0.2) is 74.9 Å². The Morgan fingerprint density at radius 1 is 0.976 bits per heavy atom. The highest BCUT2D eigenvalue weighted by Gasteiger charge is 2.53. The molecule has 0 unspecified atom stereocenters. The number of ether oxygens (including phenoxy) is 2. The standard InChI is InChI=1S/C30H38F4N4O3/c1-37-13-9-22(10-14-37)38-15-12-29(19-4-7-25(40-2)26(16-19)41-3)11-8-21(18-27(29)38)36-28(39)35-20-5-6-24(31)23(17-20)30(32,33)34/h4-7,16-17,21-22,27H,8-15,18H2,1-3H3,(H2,35,36,39)/t21-,27+,29-/m0/s1. The lowest BCUT2D eigenvalue weighted by Crippen LogP contribution is -2.56. The van der Waals surface area contributed by atoms with E-state index in [2.05, 4.69) is 39.6 Å². The van der Waals surface area contributed by atoms with Crippen LogP contribution in [0.3, 0.4) is 0 Å². The third kappa shape index (κ3) is 5.97. The lowest BCUT2D eigenvalue weighted by molar-refractivity contribution is -0.139. The first-order valence-electron chi connectivity index (χ1n) is 14.1. The number of amides is 2. The summed E-state index contributed by atoms with van der Waals surface area (Å²) in [6.07, 6.45) is 0.584. The number of alkyl halides is 3. The topological polar surface area (TPSA) is 66.1 Å². The molecular weight excluding hydrogens is 540 g/mol. The average molecular weight is 579 g/mol. The normalized spacial score (nSPS) is 25.9. The molecule has 1 saturated carbocycles. The molecule has 7 nitrogen and oxygen atoms in total. The van der Waals surface area contributed by atoms with Gasteiger partial charge in [0, 0.05) is 29.2 Å². The lowest BCUT2D eigenvalue weighted by atomic mass is 9.65. The minimum atomic E-state index is -4.85. The van der Waals surface area contributed by atoms with Gasteiger partial charge in [-0.05, 0) is 101 Å². The highest BCUT2D eigenvalue weighted by molar-refractivity contribution is 5.89. The number of rotatable bonds is 6. The van der Waals surface area contributed by atoms with E-state index in [9.17, 15) is 22.4 Å². The summed E-state index contributed by atoms with van der Waals surface area (Å²) in [4.78, 5) is 17.9. The van der Waals surface area contributed by atoms with Crippen molar-refractivity contribution in [2.75, 3.05) is 46.2 Å². The van der Waals surface area contributed by atoms with Crippen LogP contribution in [-0.2, 0) is 11.6 Å². The van der Waals surface area contributed by atoms with Crippen LogP contribution in [0.1, 0.15) is 49.7 Å². The van der Waals surface area contributed by atoms with Crippen molar-refractivity contribution < 1.29 is 31.8 Å². The zero-order valence-corrected chi connectivity index (χ0v) is 23.7. The number of nitrogens with zero attached hydrogens (tertiary/aromatic N) is 2. The van der Waals surface area contributed by atoms with E-state index in [1.54, 1.807) is 14.2 Å². The van der Waals surface area contributed by atoms with Crippen LogP contribution in [0, 0.1) is 5.82 Å². The number of hydrogen-bond donors (Lipinski definition) is 2. The Morgan fingerprint density at radius 2 is 1.71 bits per heavy atom. The minimum Gasteiger partial charge on any atom is -0.493 e. The molecule has 0 aromatic heterocycles. The van der Waals surface area contributed by atoms with Gasteiger partial charge in [0.25, 0.3) is 0 Å². The van der Waals surface area contributed by atoms with Crippen molar-refractivity contribution in [3.63, 3.8) is 0 Å². The zero-order chi connectivity index (χ0) is 29.4. The molecule has 0 radical (unpaired) electrons. The molecule has 224 valence electrons. The van der Waals surface area contributed by atoms with Gasteiger partial charge in [0.1, 0.15) is 5.82 Å². The first-order valence-corrected chi connectivity index (χ1v) is 14.1. The summed E-state index contributed by atoms with van der Waals surface area (Å²) in [5.41, 5.74) is -0.437. The van der Waals surface area contributed by atoms with Gasteiger partial charge in [-0.25, -0.2) is 9.18 Å². The van der Waals surface area contributed by atoms with Crippen molar-refractivity contribution in [1.29, 1.82) is 0 Å². The number of urea groups is 1. The van der Waals surface area contributed by atoms with E-state index in [4.69, 9.17) is 9.47 Å². The number of fused-ring (bicyclic) bond motifs is 1. The summed E-state index contributed by atoms with van der Waals surface area (Å²) in [6, 6.07) is 8.49. The van der Waals surface area contributed by atoms with E-state index in [-0.39, 0.29) is 23.2 Å². The summed E-state index contributed by atoms with van der Waals surface area (Å²) in [5, 5.41) is 5.46. The second-order valence-corrected chi connectivity index (χ2v) is 11.5. The first kappa shape index (κ1) is 29.4. The molecule has 2 amide bonds. The summed E-state index contributed by atoms with van der Waals surface area (Å²) in [6.45, 7) is 3.04. The molecule has 2 heterocycles. The molecule has 0 spiro atoms. The van der Waals surface area contributed by atoms with Gasteiger partial charge in [-0.1, -0.05) is 6.07 Å². The largest absolute Gasteiger partial charge is 0.493 e. The molecule has 41 heavy (non-hydrogen) atoms. The van der Waals surface area contributed by atoms with E-state index < -0.39 is 23.6 Å². The quantitative estimate of drug-likeness (QED) is 0.435. The highest BCUT2D eigenvalue weighted by atomic mass is 19.4. The number of methoxy groups -OCH3 is 2. The van der Waals surface area contributed by atoms with Gasteiger partial charge in [-0.2, -0.15) is 13.2 Å². The maximum Gasteiger partial charge on any atom is 0.419 e. The molecule has 2 saturated heterocycles. The Hall–Kier alpha value is -3.05. The summed E-state index contributed by atoms with van der Waals surface area (Å²) in [7, 11) is 5.40. The number of carbonyl (C=O) groups is 1. The van der Waals surface area contributed by atoms with E-state index >= 15 is 0 Å². The van der Waals surface area contributed by atoms with Crippen molar-refractivity contribution in [2.24, 2.45) is 0 Å². The SMILES string of the molecule is COc1ccc([C@@]23CC[C@H](NC(=O)Nc4ccc(F)c(C(F)(F)F)c4)C[C@H]2N(C2CCN(C)CC2)CC3)cc1OC. The number of hydrogen-bond acceptors (Lipinski definition) is 5. The van der Waals surface area contributed by atoms with Gasteiger partial charge in [0.15, 0.2) is 11.5 Å². The van der Waals surface area contributed by atoms with Crippen molar-refractivity contribution in [2.45, 2.75) is 68.2 Å².